The number of aromatic nitrogens is 4. The summed E-state index contributed by atoms with van der Waals surface area (Å²) in [4.78, 5) is 8.57. The molecule has 0 fully saturated rings. The van der Waals surface area contributed by atoms with Crippen molar-refractivity contribution >= 4 is 0 Å². The van der Waals surface area contributed by atoms with E-state index in [1.165, 1.54) is 0 Å². The van der Waals surface area contributed by atoms with E-state index in [1.807, 2.05) is 64.3 Å². The third kappa shape index (κ3) is 2.38. The van der Waals surface area contributed by atoms with Crippen LogP contribution in [0.1, 0.15) is 0 Å². The first kappa shape index (κ1) is 12.3. The molecule has 0 amide bonds. The van der Waals surface area contributed by atoms with Crippen molar-refractivity contribution in [3.05, 3.63) is 67.5 Å². The Morgan fingerprint density at radius 3 is 2.39 bits per heavy atom. The topological polar surface area (TPSA) is 34.6 Å². The lowest BCUT2D eigenvalue weighted by molar-refractivity contribution is -0.598. The summed E-state index contributed by atoms with van der Waals surface area (Å²) in [6.45, 7) is 0. The predicted molar refractivity (Wildman–Crippen MR) is 62.9 cm³/mol. The van der Waals surface area contributed by atoms with Crippen LogP contribution in [0.15, 0.2) is 67.5 Å². The number of hydrogen-bond acceptors (Lipinski definition) is 2. The number of pyridine rings is 2. The van der Waals surface area contributed by atoms with Gasteiger partial charge in [-0.15, -0.1) is 4.98 Å². The van der Waals surface area contributed by atoms with Crippen LogP contribution in [-0.2, 0) is 0 Å². The maximum Gasteiger partial charge on any atom is 0.266 e. The fourth-order valence-corrected chi connectivity index (χ4v) is 1.64. The van der Waals surface area contributed by atoms with Crippen molar-refractivity contribution in [2.24, 2.45) is 0 Å². The molecule has 90 valence electrons. The van der Waals surface area contributed by atoms with Crippen LogP contribution < -0.4 is 17.0 Å². The van der Waals surface area contributed by atoms with Crippen molar-refractivity contribution in [3.8, 4) is 11.6 Å². The predicted octanol–water partition coefficient (Wildman–Crippen LogP) is -1.45. The van der Waals surface area contributed by atoms with Gasteiger partial charge in [-0.05, 0) is 18.2 Å². The average Bonchev–Trinajstić information content (AvgIpc) is 2.90. The van der Waals surface area contributed by atoms with Gasteiger partial charge in [0.25, 0.3) is 5.82 Å². The molecule has 5 heteroatoms. The Balaban J connectivity index is 0.00000120. The standard InChI is InChI=1S/C13H11N4.ClH/c1-3-7-14-12(5-1)16-9-10-17(11-16)13-6-2-4-8-15-13;/h1-11H;1H/q+1;/p-1. The van der Waals surface area contributed by atoms with Gasteiger partial charge in [-0.3, -0.25) is 0 Å². The summed E-state index contributed by atoms with van der Waals surface area (Å²) < 4.78 is 3.91. The smallest absolute Gasteiger partial charge is 0.266 e. The Kier molecular flexibility index (Phi) is 3.69. The third-order valence-corrected chi connectivity index (χ3v) is 2.46. The Morgan fingerprint density at radius 2 is 1.72 bits per heavy atom. The van der Waals surface area contributed by atoms with E-state index >= 15 is 0 Å². The summed E-state index contributed by atoms with van der Waals surface area (Å²) >= 11 is 0. The molecule has 0 N–H and O–H groups in total. The lowest BCUT2D eigenvalue weighted by Crippen LogP contribution is -3.00. The summed E-state index contributed by atoms with van der Waals surface area (Å²) in [5.74, 6) is 1.78. The molecule has 0 atom stereocenters. The minimum atomic E-state index is 0. The van der Waals surface area contributed by atoms with Crippen LogP contribution in [-0.4, -0.2) is 14.5 Å². The highest BCUT2D eigenvalue weighted by Gasteiger charge is 2.07. The van der Waals surface area contributed by atoms with Crippen molar-refractivity contribution in [2.45, 2.75) is 0 Å². The number of nitrogens with zero attached hydrogens (tertiary/aromatic N) is 4. The molecular formula is C13H11ClN4. The second-order valence-electron chi connectivity index (χ2n) is 3.60. The first-order valence-electron chi connectivity index (χ1n) is 5.35. The summed E-state index contributed by atoms with van der Waals surface area (Å²) in [5.41, 5.74) is 0. The summed E-state index contributed by atoms with van der Waals surface area (Å²) in [7, 11) is 0. The molecular weight excluding hydrogens is 248 g/mol. The first-order valence-corrected chi connectivity index (χ1v) is 5.35. The Morgan fingerprint density at radius 1 is 0.944 bits per heavy atom. The van der Waals surface area contributed by atoms with Crippen molar-refractivity contribution < 1.29 is 17.0 Å². The van der Waals surface area contributed by atoms with E-state index in [0.717, 1.165) is 11.6 Å². The second-order valence-corrected chi connectivity index (χ2v) is 3.60. The average molecular weight is 259 g/mol. The molecule has 0 saturated carbocycles. The van der Waals surface area contributed by atoms with E-state index in [9.17, 15) is 0 Å². The molecule has 0 radical (unpaired) electrons. The van der Waals surface area contributed by atoms with E-state index in [2.05, 4.69) is 9.97 Å². The van der Waals surface area contributed by atoms with Crippen LogP contribution in [0, 0.1) is 0 Å². The van der Waals surface area contributed by atoms with E-state index in [0.29, 0.717) is 0 Å². The minimum Gasteiger partial charge on any atom is -1.00 e. The Bertz CT molecular complexity index is 553. The van der Waals surface area contributed by atoms with Gasteiger partial charge in [0.05, 0.1) is 0 Å². The largest absolute Gasteiger partial charge is 1.00 e. The van der Waals surface area contributed by atoms with Gasteiger partial charge in [0.15, 0.2) is 5.82 Å². The van der Waals surface area contributed by atoms with E-state index in [4.69, 9.17) is 0 Å². The zero-order chi connectivity index (χ0) is 11.5. The Labute approximate surface area is 111 Å². The fraction of sp³-hybridized carbons (Fsp3) is 0. The molecule has 0 saturated heterocycles. The fourth-order valence-electron chi connectivity index (χ4n) is 1.64. The van der Waals surface area contributed by atoms with Crippen LogP contribution in [0.3, 0.4) is 0 Å². The molecule has 3 aromatic rings. The van der Waals surface area contributed by atoms with Crippen LogP contribution in [0.4, 0.5) is 0 Å². The van der Waals surface area contributed by atoms with Crippen LogP contribution >= 0.6 is 0 Å². The molecule has 18 heavy (non-hydrogen) atoms. The lowest BCUT2D eigenvalue weighted by atomic mass is 10.4. The van der Waals surface area contributed by atoms with Gasteiger partial charge in [0.1, 0.15) is 18.6 Å². The zero-order valence-corrected chi connectivity index (χ0v) is 10.3. The van der Waals surface area contributed by atoms with Crippen molar-refractivity contribution in [3.63, 3.8) is 0 Å². The molecule has 0 bridgehead atoms. The van der Waals surface area contributed by atoms with E-state index in [1.54, 1.807) is 12.4 Å². The molecule has 0 aliphatic carbocycles. The van der Waals surface area contributed by atoms with E-state index in [-0.39, 0.29) is 12.4 Å². The zero-order valence-electron chi connectivity index (χ0n) is 9.52. The quantitative estimate of drug-likeness (QED) is 0.527. The summed E-state index contributed by atoms with van der Waals surface area (Å²) in [6.07, 6.45) is 9.42. The maximum absolute atomic E-state index is 4.29. The first-order chi connectivity index (χ1) is 8.43. The van der Waals surface area contributed by atoms with Gasteiger partial charge in [-0.2, -0.15) is 0 Å². The van der Waals surface area contributed by atoms with Crippen molar-refractivity contribution in [1.29, 1.82) is 0 Å². The Hall–Kier alpha value is -2.20. The number of hydrogen-bond donors (Lipinski definition) is 0. The monoisotopic (exact) mass is 258 g/mol. The van der Waals surface area contributed by atoms with Crippen LogP contribution in [0.2, 0.25) is 0 Å². The van der Waals surface area contributed by atoms with E-state index < -0.39 is 0 Å². The SMILES string of the molecule is [Cl-].c1ccc(-n2cc[n+](-c3ccccn3)c2)nc1. The molecule has 3 rings (SSSR count). The molecule has 3 aromatic heterocycles. The number of rotatable bonds is 2. The van der Waals surface area contributed by atoms with Gasteiger partial charge in [-0.1, -0.05) is 12.1 Å². The van der Waals surface area contributed by atoms with Gasteiger partial charge in [0, 0.05) is 12.3 Å². The molecule has 0 aliphatic rings. The minimum absolute atomic E-state index is 0. The van der Waals surface area contributed by atoms with Gasteiger partial charge < -0.3 is 12.4 Å². The number of halogens is 1. The third-order valence-electron chi connectivity index (χ3n) is 2.46. The summed E-state index contributed by atoms with van der Waals surface area (Å²) in [5, 5.41) is 0. The van der Waals surface area contributed by atoms with Crippen LogP contribution in [0.5, 0.6) is 0 Å². The maximum atomic E-state index is 4.29. The van der Waals surface area contributed by atoms with Crippen LogP contribution in [0.25, 0.3) is 11.6 Å². The molecule has 4 nitrogen and oxygen atoms in total. The highest BCUT2D eigenvalue weighted by atomic mass is 35.5. The molecule has 0 unspecified atom stereocenters. The molecule has 0 aliphatic heterocycles. The number of imidazole rings is 1. The normalized spacial score (nSPS) is 9.78. The summed E-state index contributed by atoms with van der Waals surface area (Å²) in [6, 6.07) is 11.7. The lowest BCUT2D eigenvalue weighted by Gasteiger charge is -1.94. The van der Waals surface area contributed by atoms with Crippen molar-refractivity contribution in [2.75, 3.05) is 0 Å². The van der Waals surface area contributed by atoms with Gasteiger partial charge in [0.2, 0.25) is 6.33 Å². The van der Waals surface area contributed by atoms with Gasteiger partial charge >= 0.3 is 0 Å². The molecule has 3 heterocycles. The second kappa shape index (κ2) is 5.42. The molecule has 0 aromatic carbocycles. The van der Waals surface area contributed by atoms with Gasteiger partial charge in [-0.25, -0.2) is 14.1 Å². The highest BCUT2D eigenvalue weighted by Crippen LogP contribution is 2.01. The highest BCUT2D eigenvalue weighted by molar-refractivity contribution is 5.20. The van der Waals surface area contributed by atoms with Crippen molar-refractivity contribution in [1.82, 2.24) is 14.5 Å². The molecule has 0 spiro atoms.